The molecule has 1 aromatic heterocycles. The van der Waals surface area contributed by atoms with Crippen molar-refractivity contribution in [3.8, 4) is 0 Å². The van der Waals surface area contributed by atoms with Crippen molar-refractivity contribution < 1.29 is 9.90 Å². The third-order valence-electron chi connectivity index (χ3n) is 4.14. The first kappa shape index (κ1) is 17.8. The van der Waals surface area contributed by atoms with Gasteiger partial charge in [0.05, 0.1) is 27.6 Å². The van der Waals surface area contributed by atoms with Gasteiger partial charge in [-0.05, 0) is 31.9 Å². The number of benzene rings is 1. The lowest BCUT2D eigenvalue weighted by atomic mass is 9.93. The molecule has 2 unspecified atom stereocenters. The zero-order chi connectivity index (χ0) is 17.0. The Morgan fingerprint density at radius 1 is 1.39 bits per heavy atom. The summed E-state index contributed by atoms with van der Waals surface area (Å²) in [5.41, 5.74) is 1.06. The second kappa shape index (κ2) is 7.36. The number of nitrogens with zero attached hydrogens (tertiary/aromatic N) is 1. The van der Waals surface area contributed by atoms with Gasteiger partial charge in [0.25, 0.3) is 0 Å². The van der Waals surface area contributed by atoms with E-state index >= 15 is 0 Å². The highest BCUT2D eigenvalue weighted by Gasteiger charge is 2.25. The fourth-order valence-corrected chi connectivity index (χ4v) is 2.75. The lowest BCUT2D eigenvalue weighted by Gasteiger charge is -2.27. The molecule has 0 saturated carbocycles. The summed E-state index contributed by atoms with van der Waals surface area (Å²) >= 11 is 1.52. The molecule has 0 aliphatic carbocycles. The first-order valence-electron chi connectivity index (χ1n) is 7.85. The molecule has 2 atom stereocenters. The van der Waals surface area contributed by atoms with E-state index in [4.69, 9.17) is 0 Å². The zero-order valence-electron chi connectivity index (χ0n) is 14.1. The van der Waals surface area contributed by atoms with Crippen LogP contribution in [0.4, 0.5) is 0 Å². The molecular formula is C17H25N3O2S. The summed E-state index contributed by atoms with van der Waals surface area (Å²) < 4.78 is 0. The van der Waals surface area contributed by atoms with E-state index < -0.39 is 5.60 Å². The average Bonchev–Trinajstić information content (AvgIpc) is 2.94. The topological polar surface area (TPSA) is 78.0 Å². The van der Waals surface area contributed by atoms with Crippen molar-refractivity contribution in [2.24, 2.45) is 5.92 Å². The van der Waals surface area contributed by atoms with Gasteiger partial charge >= 0.3 is 0 Å². The van der Waals surface area contributed by atoms with E-state index in [-0.39, 0.29) is 23.6 Å². The van der Waals surface area contributed by atoms with Crippen LogP contribution in [0.3, 0.4) is 0 Å². The molecule has 0 aliphatic rings. The molecule has 0 saturated heterocycles. The number of carbonyl (C=O) groups is 1. The standard InChI is InChI=1S/C17H25N3O2S/c1-11(2)17(4,22)10-18-15(21)9-23-12(3)16-19-13-7-5-6-8-14(13)20-16/h5-8,11-12,22H,9-10H2,1-4H3,(H,18,21)(H,19,20). The Hall–Kier alpha value is -1.53. The maximum absolute atomic E-state index is 11.9. The quantitative estimate of drug-likeness (QED) is 0.727. The third kappa shape index (κ3) is 4.72. The molecule has 0 spiro atoms. The van der Waals surface area contributed by atoms with Gasteiger partial charge < -0.3 is 15.4 Å². The summed E-state index contributed by atoms with van der Waals surface area (Å²) in [4.78, 5) is 19.8. The predicted octanol–water partition coefficient (Wildman–Crippen LogP) is 2.88. The summed E-state index contributed by atoms with van der Waals surface area (Å²) in [6.07, 6.45) is 0. The number of aliphatic hydroxyl groups is 1. The van der Waals surface area contributed by atoms with Gasteiger partial charge in [0.15, 0.2) is 0 Å². The number of fused-ring (bicyclic) bond motifs is 1. The van der Waals surface area contributed by atoms with Crippen LogP contribution < -0.4 is 5.32 Å². The number of hydrogen-bond donors (Lipinski definition) is 3. The van der Waals surface area contributed by atoms with Crippen molar-refractivity contribution in [1.82, 2.24) is 15.3 Å². The number of hydrogen-bond acceptors (Lipinski definition) is 4. The smallest absolute Gasteiger partial charge is 0.230 e. The van der Waals surface area contributed by atoms with E-state index in [1.54, 1.807) is 6.92 Å². The number of rotatable bonds is 7. The van der Waals surface area contributed by atoms with Crippen LogP contribution in [0, 0.1) is 5.92 Å². The van der Waals surface area contributed by atoms with Crippen LogP contribution in [0.1, 0.15) is 38.8 Å². The van der Waals surface area contributed by atoms with Gasteiger partial charge in [-0.2, -0.15) is 0 Å². The predicted molar refractivity (Wildman–Crippen MR) is 95.4 cm³/mol. The van der Waals surface area contributed by atoms with Crippen molar-refractivity contribution in [2.45, 2.75) is 38.5 Å². The largest absolute Gasteiger partial charge is 0.388 e. The maximum Gasteiger partial charge on any atom is 0.230 e. The van der Waals surface area contributed by atoms with Crippen molar-refractivity contribution in [1.29, 1.82) is 0 Å². The average molecular weight is 335 g/mol. The molecule has 0 radical (unpaired) electrons. The summed E-state index contributed by atoms with van der Waals surface area (Å²) in [5.74, 6) is 1.23. The van der Waals surface area contributed by atoms with E-state index in [1.807, 2.05) is 45.0 Å². The molecule has 5 nitrogen and oxygen atoms in total. The lowest BCUT2D eigenvalue weighted by Crippen LogP contribution is -2.44. The molecule has 1 amide bonds. The number of para-hydroxylation sites is 2. The highest BCUT2D eigenvalue weighted by molar-refractivity contribution is 8.00. The second-order valence-electron chi connectivity index (χ2n) is 6.38. The van der Waals surface area contributed by atoms with Crippen LogP contribution in [0.5, 0.6) is 0 Å². The number of nitrogens with one attached hydrogen (secondary N) is 2. The van der Waals surface area contributed by atoms with Crippen LogP contribution in [0.2, 0.25) is 0 Å². The molecule has 0 aliphatic heterocycles. The highest BCUT2D eigenvalue weighted by Crippen LogP contribution is 2.27. The molecule has 3 N–H and O–H groups in total. The van der Waals surface area contributed by atoms with E-state index in [0.717, 1.165) is 16.9 Å². The van der Waals surface area contributed by atoms with Gasteiger partial charge in [0.1, 0.15) is 5.82 Å². The fourth-order valence-electron chi connectivity index (χ4n) is 1.98. The molecule has 23 heavy (non-hydrogen) atoms. The van der Waals surface area contributed by atoms with Crippen LogP contribution in [-0.2, 0) is 4.79 Å². The second-order valence-corrected chi connectivity index (χ2v) is 7.71. The van der Waals surface area contributed by atoms with Crippen LogP contribution >= 0.6 is 11.8 Å². The van der Waals surface area contributed by atoms with E-state index in [2.05, 4.69) is 15.3 Å². The van der Waals surface area contributed by atoms with Gasteiger partial charge in [-0.25, -0.2) is 4.98 Å². The van der Waals surface area contributed by atoms with Crippen LogP contribution in [-0.4, -0.2) is 38.9 Å². The molecule has 1 heterocycles. The Morgan fingerprint density at radius 2 is 2.09 bits per heavy atom. The summed E-state index contributed by atoms with van der Waals surface area (Å²) in [6.45, 7) is 7.90. The minimum atomic E-state index is -0.884. The molecule has 0 bridgehead atoms. The van der Waals surface area contributed by atoms with Crippen LogP contribution in [0.25, 0.3) is 11.0 Å². The molecular weight excluding hydrogens is 310 g/mol. The normalized spacial score (nSPS) is 15.6. The molecule has 6 heteroatoms. The lowest BCUT2D eigenvalue weighted by molar-refractivity contribution is -0.120. The minimum Gasteiger partial charge on any atom is -0.388 e. The summed E-state index contributed by atoms with van der Waals surface area (Å²) in [6, 6.07) is 7.88. The molecule has 126 valence electrons. The van der Waals surface area contributed by atoms with Crippen molar-refractivity contribution >= 4 is 28.7 Å². The number of thioether (sulfide) groups is 1. The van der Waals surface area contributed by atoms with Crippen molar-refractivity contribution in [3.63, 3.8) is 0 Å². The maximum atomic E-state index is 11.9. The number of carbonyl (C=O) groups excluding carboxylic acids is 1. The van der Waals surface area contributed by atoms with E-state index in [0.29, 0.717) is 5.75 Å². The number of imidazole rings is 1. The molecule has 2 rings (SSSR count). The Balaban J connectivity index is 1.84. The van der Waals surface area contributed by atoms with Gasteiger partial charge in [-0.3, -0.25) is 4.79 Å². The van der Waals surface area contributed by atoms with E-state index in [1.165, 1.54) is 11.8 Å². The van der Waals surface area contributed by atoms with E-state index in [9.17, 15) is 9.90 Å². The van der Waals surface area contributed by atoms with Gasteiger partial charge in [0, 0.05) is 6.54 Å². The Labute approximate surface area is 141 Å². The number of aromatic amines is 1. The first-order chi connectivity index (χ1) is 10.8. The number of aromatic nitrogens is 2. The molecule has 1 aromatic carbocycles. The van der Waals surface area contributed by atoms with Crippen molar-refractivity contribution in [3.05, 3.63) is 30.1 Å². The SMILES string of the molecule is CC(SCC(=O)NCC(C)(O)C(C)C)c1nc2ccccc2[nH]1. The molecule has 2 aromatic rings. The highest BCUT2D eigenvalue weighted by atomic mass is 32.2. The Morgan fingerprint density at radius 3 is 2.74 bits per heavy atom. The minimum absolute atomic E-state index is 0.0705. The Bertz CT molecular complexity index is 634. The monoisotopic (exact) mass is 335 g/mol. The van der Waals surface area contributed by atoms with Gasteiger partial charge in [-0.15, -0.1) is 11.8 Å². The van der Waals surface area contributed by atoms with Crippen molar-refractivity contribution in [2.75, 3.05) is 12.3 Å². The summed E-state index contributed by atoms with van der Waals surface area (Å²) in [5, 5.41) is 13.0. The number of amides is 1. The first-order valence-corrected chi connectivity index (χ1v) is 8.90. The van der Waals surface area contributed by atoms with Gasteiger partial charge in [0.2, 0.25) is 5.91 Å². The van der Waals surface area contributed by atoms with Crippen LogP contribution in [0.15, 0.2) is 24.3 Å². The number of H-pyrrole nitrogens is 1. The molecule has 0 fully saturated rings. The fraction of sp³-hybridized carbons (Fsp3) is 0.529. The summed E-state index contributed by atoms with van der Waals surface area (Å²) in [7, 11) is 0. The van der Waals surface area contributed by atoms with Gasteiger partial charge in [-0.1, -0.05) is 26.0 Å². The third-order valence-corrected chi connectivity index (χ3v) is 5.30. The Kier molecular flexibility index (Phi) is 5.70. The zero-order valence-corrected chi connectivity index (χ0v) is 14.9.